The van der Waals surface area contributed by atoms with E-state index in [1.165, 1.54) is 5.30 Å². The number of rotatable bonds is 4. The first kappa shape index (κ1) is 19.9. The molecule has 1 rings (SSSR count). The summed E-state index contributed by atoms with van der Waals surface area (Å²) in [6.07, 6.45) is 0. The molecule has 0 heterocycles. The monoisotopic (exact) mass is 320 g/mol. The molecule has 0 nitrogen and oxygen atoms in total. The second-order valence-electron chi connectivity index (χ2n) is 7.21. The molecule has 0 bridgehead atoms. The minimum absolute atomic E-state index is 0. The maximum atomic E-state index is 5.54. The second kappa shape index (κ2) is 7.25. The van der Waals surface area contributed by atoms with E-state index < -0.39 is 16.1 Å². The smallest absolute Gasteiger partial charge is 0.779 e. The molecule has 1 aromatic carbocycles. The van der Waals surface area contributed by atoms with Gasteiger partial charge in [-0.15, -0.1) is 0 Å². The molecule has 1 aromatic rings. The summed E-state index contributed by atoms with van der Waals surface area (Å²) in [6.45, 7) is 17.6. The van der Waals surface area contributed by atoms with E-state index in [0.717, 1.165) is 9.80 Å². The van der Waals surface area contributed by atoms with Crippen molar-refractivity contribution in [2.45, 2.75) is 49.1 Å². The largest absolute Gasteiger partial charge is 1.00 e. The Kier molecular flexibility index (Phi) is 7.60. The molecule has 0 aliphatic carbocycles. The fraction of sp³-hybridized carbons (Fsp3) is 0.571. The van der Waals surface area contributed by atoms with Crippen molar-refractivity contribution in [3.8, 4) is 0 Å². The molecular formula is C14H26LiPSSi2. The van der Waals surface area contributed by atoms with E-state index in [-0.39, 0.29) is 26.8 Å². The van der Waals surface area contributed by atoms with Crippen LogP contribution in [0.2, 0.25) is 39.3 Å². The number of hydrogen-bond donors (Lipinski definition) is 0. The molecule has 102 valence electrons. The van der Waals surface area contributed by atoms with Crippen LogP contribution in [0.1, 0.15) is 0 Å². The first-order chi connectivity index (χ1) is 8.05. The molecule has 0 aliphatic heterocycles. The molecule has 1 atom stereocenters. The van der Waals surface area contributed by atoms with Crippen molar-refractivity contribution >= 4 is 42.0 Å². The third-order valence-corrected chi connectivity index (χ3v) is 21.2. The summed E-state index contributed by atoms with van der Waals surface area (Å²) in [5.74, 6) is 0. The van der Waals surface area contributed by atoms with Crippen LogP contribution in [0.5, 0.6) is 0 Å². The molecule has 0 amide bonds. The van der Waals surface area contributed by atoms with Gasteiger partial charge < -0.3 is 12.6 Å². The van der Waals surface area contributed by atoms with E-state index in [0.29, 0.717) is 0 Å². The molecule has 0 saturated carbocycles. The Morgan fingerprint density at radius 2 is 1.37 bits per heavy atom. The Labute approximate surface area is 140 Å². The maximum Gasteiger partial charge on any atom is 1.00 e. The van der Waals surface area contributed by atoms with Gasteiger partial charge in [0.2, 0.25) is 0 Å². The molecule has 0 radical (unpaired) electrons. The van der Waals surface area contributed by atoms with Crippen molar-refractivity contribution in [3.63, 3.8) is 0 Å². The fourth-order valence-electron chi connectivity index (χ4n) is 3.35. The summed E-state index contributed by atoms with van der Waals surface area (Å²) >= 11 is 5.54. The minimum atomic E-state index is -1.15. The van der Waals surface area contributed by atoms with Gasteiger partial charge in [0.1, 0.15) is 0 Å². The molecular weight excluding hydrogens is 294 g/mol. The van der Waals surface area contributed by atoms with Crippen LogP contribution in [0.15, 0.2) is 29.2 Å². The van der Waals surface area contributed by atoms with Crippen molar-refractivity contribution in [1.29, 1.82) is 0 Å². The zero-order valence-corrected chi connectivity index (χ0v) is 17.5. The van der Waals surface area contributed by atoms with Gasteiger partial charge >= 0.3 is 18.9 Å². The van der Waals surface area contributed by atoms with Crippen LogP contribution < -0.4 is 24.2 Å². The maximum absolute atomic E-state index is 5.54. The van der Waals surface area contributed by atoms with Gasteiger partial charge in [-0.3, -0.25) is 0 Å². The van der Waals surface area contributed by atoms with Crippen molar-refractivity contribution < 1.29 is 18.9 Å². The van der Waals surface area contributed by atoms with Crippen molar-refractivity contribution in [1.82, 2.24) is 0 Å². The van der Waals surface area contributed by atoms with Crippen LogP contribution in [0.25, 0.3) is 0 Å². The number of hydrogen-bond acceptors (Lipinski definition) is 1. The first-order valence-corrected chi connectivity index (χ1v) is 16.0. The van der Waals surface area contributed by atoms with Gasteiger partial charge in [-0.25, -0.2) is 0 Å². The van der Waals surface area contributed by atoms with Crippen LogP contribution in [-0.2, 0) is 12.6 Å². The topological polar surface area (TPSA) is 0 Å². The van der Waals surface area contributed by atoms with Crippen LogP contribution in [-0.4, -0.2) is 27.7 Å². The van der Waals surface area contributed by atoms with Crippen LogP contribution in [0.4, 0.5) is 0 Å². The normalized spacial score (nSPS) is 14.1. The molecule has 0 fully saturated rings. The van der Waals surface area contributed by atoms with E-state index in [1.54, 1.807) is 0 Å². The average molecular weight is 321 g/mol. The van der Waals surface area contributed by atoms with Gasteiger partial charge in [-0.05, 0) is 16.9 Å². The Balaban J connectivity index is 0.00000324. The summed E-state index contributed by atoms with van der Waals surface area (Å²) in [5, 5.41) is 1.46. The summed E-state index contributed by atoms with van der Waals surface area (Å²) < 4.78 is 0. The fourth-order valence-corrected chi connectivity index (χ4v) is 25.5. The molecule has 0 aromatic heterocycles. The van der Waals surface area contributed by atoms with Crippen molar-refractivity contribution in [3.05, 3.63) is 24.3 Å². The Bertz CT molecular complexity index is 399. The Hall–Kier alpha value is 0.901. The summed E-state index contributed by atoms with van der Waals surface area (Å²) in [5.41, 5.74) is 0. The van der Waals surface area contributed by atoms with E-state index in [1.807, 2.05) is 0 Å². The predicted molar refractivity (Wildman–Crippen MR) is 95.0 cm³/mol. The zero-order chi connectivity index (χ0) is 14.1. The standard InChI is InChI=1S/C14H27PSSi2.Li/c1-15(12-10-8-9-11-13(12)16)14(17(2,3)4)18(5,6)7;/h8-11,14,16H,1-7H3;/q;+1/p-1. The van der Waals surface area contributed by atoms with E-state index in [2.05, 4.69) is 70.2 Å². The second-order valence-corrected chi connectivity index (χ2v) is 22.0. The summed E-state index contributed by atoms with van der Waals surface area (Å²) in [6, 6.07) is 8.57. The van der Waals surface area contributed by atoms with Gasteiger partial charge in [0.15, 0.2) is 0 Å². The third-order valence-electron chi connectivity index (χ3n) is 3.27. The Morgan fingerprint density at radius 1 is 0.947 bits per heavy atom. The van der Waals surface area contributed by atoms with Crippen LogP contribution >= 0.6 is 7.92 Å². The summed E-state index contributed by atoms with van der Waals surface area (Å²) in [4.78, 5) is 2.01. The molecule has 19 heavy (non-hydrogen) atoms. The first-order valence-electron chi connectivity index (χ1n) is 6.54. The minimum Gasteiger partial charge on any atom is -0.779 e. The molecule has 0 spiro atoms. The van der Waals surface area contributed by atoms with Gasteiger partial charge in [0.25, 0.3) is 0 Å². The average Bonchev–Trinajstić information content (AvgIpc) is 2.13. The number of benzene rings is 1. The van der Waals surface area contributed by atoms with Gasteiger partial charge in [-0.2, -0.15) is 4.90 Å². The van der Waals surface area contributed by atoms with Gasteiger partial charge in [0, 0.05) is 16.1 Å². The van der Waals surface area contributed by atoms with Gasteiger partial charge in [-0.1, -0.05) is 71.5 Å². The molecule has 1 unspecified atom stereocenters. The zero-order valence-electron chi connectivity index (χ0n) is 13.7. The van der Waals surface area contributed by atoms with E-state index >= 15 is 0 Å². The van der Waals surface area contributed by atoms with Crippen LogP contribution in [0, 0.1) is 0 Å². The van der Waals surface area contributed by atoms with E-state index in [9.17, 15) is 0 Å². The Morgan fingerprint density at radius 3 is 1.74 bits per heavy atom. The summed E-state index contributed by atoms with van der Waals surface area (Å²) in [7, 11) is -2.41. The molecule has 0 N–H and O–H groups in total. The predicted octanol–water partition coefficient (Wildman–Crippen LogP) is 1.46. The molecule has 0 aliphatic rings. The third kappa shape index (κ3) is 5.31. The van der Waals surface area contributed by atoms with Crippen molar-refractivity contribution in [2.75, 3.05) is 6.66 Å². The van der Waals surface area contributed by atoms with Crippen molar-refractivity contribution in [2.24, 2.45) is 0 Å². The quantitative estimate of drug-likeness (QED) is 0.460. The van der Waals surface area contributed by atoms with Crippen LogP contribution in [0.3, 0.4) is 0 Å². The molecule has 0 saturated heterocycles. The van der Waals surface area contributed by atoms with E-state index in [4.69, 9.17) is 12.6 Å². The van der Waals surface area contributed by atoms with Gasteiger partial charge in [0.05, 0.1) is 0 Å². The molecule has 5 heteroatoms. The SMILES string of the molecule is CP(c1ccccc1[S-])C([Si](C)(C)C)[Si](C)(C)C.[Li+].